The van der Waals surface area contributed by atoms with Crippen molar-refractivity contribution in [3.8, 4) is 0 Å². The van der Waals surface area contributed by atoms with Crippen LogP contribution in [0.5, 0.6) is 0 Å². The lowest BCUT2D eigenvalue weighted by atomic mass is 10.1. The van der Waals surface area contributed by atoms with Gasteiger partial charge in [-0.25, -0.2) is 4.98 Å². The van der Waals surface area contributed by atoms with Crippen molar-refractivity contribution >= 4 is 34.9 Å². The molecule has 0 bridgehead atoms. The first-order chi connectivity index (χ1) is 11.6. The van der Waals surface area contributed by atoms with Crippen LogP contribution in [-0.2, 0) is 9.59 Å². The van der Waals surface area contributed by atoms with Crippen molar-refractivity contribution in [2.24, 2.45) is 4.99 Å². The van der Waals surface area contributed by atoms with Crippen molar-refractivity contribution in [3.63, 3.8) is 0 Å². The highest BCUT2D eigenvalue weighted by Gasteiger charge is 2.26. The maximum Gasteiger partial charge on any atom is 0.305 e. The topological polar surface area (TPSA) is 82.9 Å². The molecule has 122 valence electrons. The van der Waals surface area contributed by atoms with Crippen LogP contribution in [-0.4, -0.2) is 40.8 Å². The molecule has 7 heteroatoms. The fourth-order valence-corrected chi connectivity index (χ4v) is 2.69. The van der Waals surface area contributed by atoms with Gasteiger partial charge in [0, 0.05) is 12.1 Å². The van der Waals surface area contributed by atoms with Crippen molar-refractivity contribution in [2.75, 3.05) is 18.0 Å². The Labute approximate surface area is 143 Å². The Morgan fingerprint density at radius 2 is 1.96 bits per heavy atom. The van der Waals surface area contributed by atoms with E-state index in [-0.39, 0.29) is 30.6 Å². The Balaban J connectivity index is 2.10. The molecule has 0 unspecified atom stereocenters. The molecule has 1 N–H and O–H groups in total. The molecule has 1 aliphatic rings. The van der Waals surface area contributed by atoms with Gasteiger partial charge in [0.2, 0.25) is 5.91 Å². The zero-order valence-electron chi connectivity index (χ0n) is 12.6. The van der Waals surface area contributed by atoms with Gasteiger partial charge in [-0.2, -0.15) is 0 Å². The van der Waals surface area contributed by atoms with E-state index in [2.05, 4.69) is 9.98 Å². The SMILES string of the molecule is O=C(O)CCN1C(=O)CN=C(c2ccccc2)c2nc(Cl)ccc21. The number of benzene rings is 1. The normalized spacial score (nSPS) is 14.0. The fourth-order valence-electron chi connectivity index (χ4n) is 2.54. The Kier molecular flexibility index (Phi) is 4.57. The van der Waals surface area contributed by atoms with E-state index >= 15 is 0 Å². The van der Waals surface area contributed by atoms with Crippen molar-refractivity contribution in [3.05, 3.63) is 58.9 Å². The summed E-state index contributed by atoms with van der Waals surface area (Å²) in [7, 11) is 0. The average molecular weight is 344 g/mol. The summed E-state index contributed by atoms with van der Waals surface area (Å²) < 4.78 is 0. The van der Waals surface area contributed by atoms with E-state index in [0.717, 1.165) is 5.56 Å². The molecule has 1 amide bonds. The van der Waals surface area contributed by atoms with E-state index in [0.29, 0.717) is 17.1 Å². The summed E-state index contributed by atoms with van der Waals surface area (Å²) in [5, 5.41) is 9.20. The molecule has 0 saturated heterocycles. The lowest BCUT2D eigenvalue weighted by Crippen LogP contribution is -2.34. The highest BCUT2D eigenvalue weighted by Crippen LogP contribution is 2.27. The highest BCUT2D eigenvalue weighted by atomic mass is 35.5. The number of carbonyl (C=O) groups excluding carboxylic acids is 1. The van der Waals surface area contributed by atoms with E-state index in [4.69, 9.17) is 16.7 Å². The quantitative estimate of drug-likeness (QED) is 0.864. The average Bonchev–Trinajstić information content (AvgIpc) is 2.70. The van der Waals surface area contributed by atoms with Crippen LogP contribution < -0.4 is 4.90 Å². The number of amides is 1. The zero-order valence-corrected chi connectivity index (χ0v) is 13.4. The van der Waals surface area contributed by atoms with Gasteiger partial charge in [-0.15, -0.1) is 0 Å². The molecule has 1 aromatic carbocycles. The van der Waals surface area contributed by atoms with Crippen LogP contribution in [0.2, 0.25) is 5.15 Å². The first-order valence-corrected chi connectivity index (χ1v) is 7.73. The molecule has 6 nitrogen and oxygen atoms in total. The first kappa shape index (κ1) is 16.1. The molecular formula is C17H14ClN3O3. The molecule has 0 radical (unpaired) electrons. The first-order valence-electron chi connectivity index (χ1n) is 7.35. The maximum absolute atomic E-state index is 12.4. The summed E-state index contributed by atoms with van der Waals surface area (Å²) in [4.78, 5) is 33.4. The van der Waals surface area contributed by atoms with Crippen LogP contribution in [0.4, 0.5) is 5.69 Å². The van der Waals surface area contributed by atoms with E-state index < -0.39 is 5.97 Å². The monoisotopic (exact) mass is 343 g/mol. The second-order valence-corrected chi connectivity index (χ2v) is 5.61. The lowest BCUT2D eigenvalue weighted by molar-refractivity contribution is -0.136. The number of carbonyl (C=O) groups is 2. The number of carboxylic acids is 1. The van der Waals surface area contributed by atoms with Crippen LogP contribution in [0.1, 0.15) is 17.7 Å². The Morgan fingerprint density at radius 1 is 1.21 bits per heavy atom. The van der Waals surface area contributed by atoms with Crippen LogP contribution in [0.25, 0.3) is 0 Å². The fraction of sp³-hybridized carbons (Fsp3) is 0.176. The third kappa shape index (κ3) is 3.28. The van der Waals surface area contributed by atoms with Gasteiger partial charge in [-0.1, -0.05) is 41.9 Å². The molecule has 0 aliphatic carbocycles. The number of aliphatic carboxylic acids is 1. The second-order valence-electron chi connectivity index (χ2n) is 5.22. The predicted octanol–water partition coefficient (Wildman–Crippen LogP) is 2.39. The van der Waals surface area contributed by atoms with E-state index in [1.807, 2.05) is 30.3 Å². The molecule has 0 fully saturated rings. The number of nitrogens with zero attached hydrogens (tertiary/aromatic N) is 3. The summed E-state index contributed by atoms with van der Waals surface area (Å²) in [6.45, 7) is -0.0140. The number of hydrogen-bond acceptors (Lipinski definition) is 4. The number of pyridine rings is 1. The molecular weight excluding hydrogens is 330 g/mol. The minimum atomic E-state index is -0.972. The standard InChI is InChI=1S/C17H14ClN3O3/c18-13-7-6-12-17(20-13)16(11-4-2-1-3-5-11)19-10-14(22)21(12)9-8-15(23)24/h1-7H,8-10H2,(H,23,24). The summed E-state index contributed by atoms with van der Waals surface area (Å²) >= 11 is 6.03. The van der Waals surface area contributed by atoms with Crippen molar-refractivity contribution in [1.29, 1.82) is 0 Å². The number of aromatic nitrogens is 1. The van der Waals surface area contributed by atoms with E-state index in [1.54, 1.807) is 12.1 Å². The van der Waals surface area contributed by atoms with Gasteiger partial charge in [-0.3, -0.25) is 14.6 Å². The number of aliphatic imine (C=N–C) groups is 1. The third-order valence-electron chi connectivity index (χ3n) is 3.63. The van der Waals surface area contributed by atoms with Crippen LogP contribution in [0.15, 0.2) is 47.5 Å². The van der Waals surface area contributed by atoms with Gasteiger partial charge < -0.3 is 10.0 Å². The number of fused-ring (bicyclic) bond motifs is 1. The zero-order chi connectivity index (χ0) is 17.1. The van der Waals surface area contributed by atoms with Gasteiger partial charge >= 0.3 is 5.97 Å². The summed E-state index contributed by atoms with van der Waals surface area (Å²) in [6.07, 6.45) is -0.158. The maximum atomic E-state index is 12.4. The molecule has 3 rings (SSSR count). The molecule has 1 aromatic heterocycles. The molecule has 0 saturated carbocycles. The van der Waals surface area contributed by atoms with Gasteiger partial charge in [0.1, 0.15) is 17.4 Å². The van der Waals surface area contributed by atoms with Crippen LogP contribution in [0.3, 0.4) is 0 Å². The number of halogens is 1. The van der Waals surface area contributed by atoms with E-state index in [1.165, 1.54) is 4.90 Å². The molecule has 2 aromatic rings. The van der Waals surface area contributed by atoms with Gasteiger partial charge in [-0.05, 0) is 12.1 Å². The minimum absolute atomic E-state index is 0.0576. The second kappa shape index (κ2) is 6.80. The smallest absolute Gasteiger partial charge is 0.305 e. The molecule has 2 heterocycles. The van der Waals surface area contributed by atoms with Crippen molar-refractivity contribution < 1.29 is 14.7 Å². The third-order valence-corrected chi connectivity index (χ3v) is 3.84. The Bertz CT molecular complexity index is 821. The van der Waals surface area contributed by atoms with Crippen molar-refractivity contribution in [1.82, 2.24) is 4.98 Å². The summed E-state index contributed by atoms with van der Waals surface area (Å²) in [6, 6.07) is 12.6. The number of hydrogen-bond donors (Lipinski definition) is 1. The summed E-state index contributed by atoms with van der Waals surface area (Å²) in [5.41, 5.74) is 2.39. The van der Waals surface area contributed by atoms with Crippen molar-refractivity contribution in [2.45, 2.75) is 6.42 Å². The molecule has 24 heavy (non-hydrogen) atoms. The Morgan fingerprint density at radius 3 is 2.67 bits per heavy atom. The number of rotatable bonds is 4. The van der Waals surface area contributed by atoms with E-state index in [9.17, 15) is 9.59 Å². The Hall–Kier alpha value is -2.73. The molecule has 1 aliphatic heterocycles. The number of anilines is 1. The highest BCUT2D eigenvalue weighted by molar-refractivity contribution is 6.30. The predicted molar refractivity (Wildman–Crippen MR) is 90.8 cm³/mol. The molecule has 0 spiro atoms. The van der Waals surface area contributed by atoms with Gasteiger partial charge in [0.05, 0.1) is 17.8 Å². The van der Waals surface area contributed by atoms with Crippen LogP contribution in [0, 0.1) is 0 Å². The molecule has 0 atom stereocenters. The van der Waals surface area contributed by atoms with Crippen LogP contribution >= 0.6 is 11.6 Å². The number of carboxylic acid groups (broad SMARTS) is 1. The minimum Gasteiger partial charge on any atom is -0.481 e. The largest absolute Gasteiger partial charge is 0.481 e. The summed E-state index contributed by atoms with van der Waals surface area (Å²) in [5.74, 6) is -1.24. The van der Waals surface area contributed by atoms with Gasteiger partial charge in [0.25, 0.3) is 0 Å². The lowest BCUT2D eigenvalue weighted by Gasteiger charge is -2.21. The van der Waals surface area contributed by atoms with Gasteiger partial charge in [0.15, 0.2) is 0 Å².